The van der Waals surface area contributed by atoms with Crippen molar-refractivity contribution in [2.45, 2.75) is 53.7 Å². The van der Waals surface area contributed by atoms with Gasteiger partial charge < -0.3 is 4.74 Å². The Kier molecular flexibility index (Phi) is 5.11. The summed E-state index contributed by atoms with van der Waals surface area (Å²) in [4.78, 5) is 4.83. The molecule has 0 radical (unpaired) electrons. The van der Waals surface area contributed by atoms with Crippen molar-refractivity contribution in [1.82, 2.24) is 4.98 Å². The molecule has 7 heteroatoms. The van der Waals surface area contributed by atoms with Crippen LogP contribution in [-0.2, 0) is 4.74 Å². The Hall–Kier alpha value is -1.51. The molecule has 2 heterocycles. The highest BCUT2D eigenvalue weighted by atomic mass is 32.2. The van der Waals surface area contributed by atoms with Crippen LogP contribution in [0.25, 0.3) is 10.2 Å². The Morgan fingerprint density at radius 1 is 1.23 bits per heavy atom. The molecule has 0 aliphatic carbocycles. The minimum absolute atomic E-state index is 0.233. The molecule has 0 spiro atoms. The Labute approximate surface area is 166 Å². The van der Waals surface area contributed by atoms with Gasteiger partial charge in [0, 0.05) is 11.0 Å². The van der Waals surface area contributed by atoms with Gasteiger partial charge >= 0.3 is 0 Å². The zero-order valence-electron chi connectivity index (χ0n) is 15.1. The number of fused-ring (bicyclic) bond motifs is 1. The zero-order chi connectivity index (χ0) is 19.0. The van der Waals surface area contributed by atoms with Gasteiger partial charge in [-0.25, -0.2) is 4.98 Å². The second-order valence-corrected chi connectivity index (χ2v) is 11.2. The third kappa shape index (κ3) is 3.37. The SMILES string of the molecule is CC1(C)OC(CC#N)(Sc2nc3ccccc3s2)C(C)(C)SC1=CC#N. The van der Waals surface area contributed by atoms with E-state index in [9.17, 15) is 5.26 Å². The largest absolute Gasteiger partial charge is 0.350 e. The molecule has 134 valence electrons. The zero-order valence-corrected chi connectivity index (χ0v) is 17.5. The molecule has 0 saturated carbocycles. The molecular weight excluding hydrogens is 382 g/mol. The van der Waals surface area contributed by atoms with E-state index in [0.717, 1.165) is 19.5 Å². The average molecular weight is 402 g/mol. The number of thioether (sulfide) groups is 2. The molecule has 1 atom stereocenters. The number of allylic oxidation sites excluding steroid dienone is 1. The number of ether oxygens (including phenoxy) is 1. The molecule has 1 aromatic heterocycles. The summed E-state index contributed by atoms with van der Waals surface area (Å²) in [5.41, 5.74) is 0.314. The predicted octanol–water partition coefficient (Wildman–Crippen LogP) is 5.73. The molecule has 1 aliphatic rings. The maximum atomic E-state index is 9.54. The molecule has 1 saturated heterocycles. The van der Waals surface area contributed by atoms with Crippen molar-refractivity contribution in [3.8, 4) is 12.1 Å². The average Bonchev–Trinajstić information content (AvgIpc) is 2.95. The van der Waals surface area contributed by atoms with Crippen molar-refractivity contribution in [3.63, 3.8) is 0 Å². The number of nitrogens with zero attached hydrogens (tertiary/aromatic N) is 3. The fourth-order valence-electron chi connectivity index (χ4n) is 2.89. The minimum atomic E-state index is -0.767. The first-order chi connectivity index (χ1) is 12.2. The van der Waals surface area contributed by atoms with Crippen LogP contribution in [0.3, 0.4) is 0 Å². The number of aromatic nitrogens is 1. The first kappa shape index (κ1) is 19.3. The Bertz CT molecular complexity index is 916. The van der Waals surface area contributed by atoms with Gasteiger partial charge in [-0.1, -0.05) is 23.9 Å². The highest BCUT2D eigenvalue weighted by Crippen LogP contribution is 2.60. The fraction of sp³-hybridized carbons (Fsp3) is 0.421. The summed E-state index contributed by atoms with van der Waals surface area (Å²) >= 11 is 4.75. The lowest BCUT2D eigenvalue weighted by atomic mass is 9.99. The van der Waals surface area contributed by atoms with Crippen molar-refractivity contribution >= 4 is 45.1 Å². The van der Waals surface area contributed by atoms with Gasteiger partial charge in [-0.15, -0.1) is 23.1 Å². The molecule has 1 aromatic carbocycles. The molecule has 0 amide bonds. The van der Waals surface area contributed by atoms with E-state index in [-0.39, 0.29) is 6.42 Å². The van der Waals surface area contributed by atoms with Crippen LogP contribution < -0.4 is 0 Å². The van der Waals surface area contributed by atoms with Gasteiger partial charge in [-0.3, -0.25) is 0 Å². The van der Waals surface area contributed by atoms with Crippen LogP contribution in [0.5, 0.6) is 0 Å². The minimum Gasteiger partial charge on any atom is -0.350 e. The lowest BCUT2D eigenvalue weighted by Gasteiger charge is -2.53. The van der Waals surface area contributed by atoms with Crippen molar-refractivity contribution in [2.75, 3.05) is 0 Å². The summed E-state index contributed by atoms with van der Waals surface area (Å²) < 4.78 is 8.14. The standard InChI is InChI=1S/C19H19N3OS3/c1-17(2)15(9-11-20)25-18(3,4)19(23-17,10-12-21)26-16-22-13-7-5-6-8-14(13)24-16/h5-9H,10H2,1-4H3. The molecular formula is C19H19N3OS3. The van der Waals surface area contributed by atoms with Gasteiger partial charge in [0.2, 0.25) is 0 Å². The van der Waals surface area contributed by atoms with Gasteiger partial charge in [-0.05, 0) is 39.8 Å². The van der Waals surface area contributed by atoms with Gasteiger partial charge in [0.05, 0.1) is 39.1 Å². The van der Waals surface area contributed by atoms with E-state index in [2.05, 4.69) is 26.0 Å². The number of para-hydroxylation sites is 1. The third-order valence-corrected chi connectivity index (χ3v) is 8.79. The van der Waals surface area contributed by atoms with Crippen LogP contribution >= 0.6 is 34.9 Å². The molecule has 0 bridgehead atoms. The topological polar surface area (TPSA) is 69.7 Å². The summed E-state index contributed by atoms with van der Waals surface area (Å²) in [6.45, 7) is 8.03. The van der Waals surface area contributed by atoms with Gasteiger partial charge in [-0.2, -0.15) is 10.5 Å². The van der Waals surface area contributed by atoms with Crippen molar-refractivity contribution in [2.24, 2.45) is 0 Å². The maximum absolute atomic E-state index is 9.54. The van der Waals surface area contributed by atoms with Gasteiger partial charge in [0.1, 0.15) is 4.93 Å². The second-order valence-electron chi connectivity index (χ2n) is 7.00. The van der Waals surface area contributed by atoms with Crippen molar-refractivity contribution < 1.29 is 4.74 Å². The summed E-state index contributed by atoms with van der Waals surface area (Å²) in [6.07, 6.45) is 1.78. The Balaban J connectivity index is 2.05. The van der Waals surface area contributed by atoms with E-state index in [4.69, 9.17) is 15.0 Å². The van der Waals surface area contributed by atoms with E-state index in [1.165, 1.54) is 11.8 Å². The normalized spacial score (nSPS) is 25.7. The predicted molar refractivity (Wildman–Crippen MR) is 109 cm³/mol. The van der Waals surface area contributed by atoms with E-state index < -0.39 is 15.3 Å². The number of thiazole rings is 1. The highest BCUT2D eigenvalue weighted by molar-refractivity contribution is 8.07. The van der Waals surface area contributed by atoms with Gasteiger partial charge in [0.25, 0.3) is 0 Å². The highest BCUT2D eigenvalue weighted by Gasteiger charge is 2.57. The molecule has 2 aromatic rings. The molecule has 3 rings (SSSR count). The molecule has 26 heavy (non-hydrogen) atoms. The third-order valence-electron chi connectivity index (χ3n) is 4.33. The lowest BCUT2D eigenvalue weighted by Crippen LogP contribution is -2.56. The van der Waals surface area contributed by atoms with Crippen LogP contribution in [0.15, 0.2) is 39.6 Å². The monoisotopic (exact) mass is 401 g/mol. The molecule has 1 unspecified atom stereocenters. The van der Waals surface area contributed by atoms with E-state index in [0.29, 0.717) is 0 Å². The number of benzene rings is 1. The van der Waals surface area contributed by atoms with E-state index in [1.54, 1.807) is 29.2 Å². The Morgan fingerprint density at radius 2 is 1.96 bits per heavy atom. The van der Waals surface area contributed by atoms with Crippen LogP contribution in [0.2, 0.25) is 0 Å². The number of hydrogen-bond donors (Lipinski definition) is 0. The number of rotatable bonds is 3. The maximum Gasteiger partial charge on any atom is 0.153 e. The van der Waals surface area contributed by atoms with Crippen LogP contribution in [0.1, 0.15) is 34.1 Å². The lowest BCUT2D eigenvalue weighted by molar-refractivity contribution is -0.0830. The van der Waals surface area contributed by atoms with Crippen LogP contribution in [0.4, 0.5) is 0 Å². The molecule has 4 nitrogen and oxygen atoms in total. The van der Waals surface area contributed by atoms with E-state index >= 15 is 0 Å². The van der Waals surface area contributed by atoms with Crippen LogP contribution in [-0.4, -0.2) is 20.3 Å². The number of hydrogen-bond acceptors (Lipinski definition) is 7. The van der Waals surface area contributed by atoms with Crippen LogP contribution in [0, 0.1) is 22.7 Å². The number of nitriles is 2. The quantitative estimate of drug-likeness (QED) is 0.612. The first-order valence-electron chi connectivity index (χ1n) is 8.14. The van der Waals surface area contributed by atoms with Crippen molar-refractivity contribution in [3.05, 3.63) is 35.2 Å². The van der Waals surface area contributed by atoms with Gasteiger partial charge in [0.15, 0.2) is 4.34 Å². The van der Waals surface area contributed by atoms with Crippen molar-refractivity contribution in [1.29, 1.82) is 10.5 Å². The summed E-state index contributed by atoms with van der Waals surface area (Å²) in [6, 6.07) is 12.4. The molecule has 0 N–H and O–H groups in total. The summed E-state index contributed by atoms with van der Waals surface area (Å²) in [5, 5.41) is 18.6. The smallest absolute Gasteiger partial charge is 0.153 e. The molecule has 1 aliphatic heterocycles. The molecule has 1 fully saturated rings. The second kappa shape index (κ2) is 6.90. The fourth-order valence-corrected chi connectivity index (χ4v) is 6.95. The summed E-state index contributed by atoms with van der Waals surface area (Å²) in [7, 11) is 0. The van der Waals surface area contributed by atoms with E-state index in [1.807, 2.05) is 38.1 Å². The Morgan fingerprint density at radius 3 is 2.62 bits per heavy atom. The summed E-state index contributed by atoms with van der Waals surface area (Å²) in [5.74, 6) is 0. The first-order valence-corrected chi connectivity index (χ1v) is 10.6.